The van der Waals surface area contributed by atoms with Crippen LogP contribution >= 0.6 is 11.6 Å². The zero-order chi connectivity index (χ0) is 13.0. The zero-order valence-corrected chi connectivity index (χ0v) is 11.2. The van der Waals surface area contributed by atoms with Gasteiger partial charge in [0.2, 0.25) is 0 Å². The van der Waals surface area contributed by atoms with Gasteiger partial charge in [-0.1, -0.05) is 23.7 Å². The molecule has 1 N–H and O–H groups in total. The lowest BCUT2D eigenvalue weighted by atomic mass is 10.1. The Labute approximate surface area is 111 Å². The molecule has 96 valence electrons. The molecule has 0 spiro atoms. The molecule has 0 saturated carbocycles. The predicted molar refractivity (Wildman–Crippen MR) is 70.4 cm³/mol. The monoisotopic (exact) mass is 265 g/mol. The third-order valence-electron chi connectivity index (χ3n) is 2.63. The molecule has 0 aliphatic rings. The van der Waals surface area contributed by atoms with Gasteiger partial charge in [0.15, 0.2) is 0 Å². The minimum Gasteiger partial charge on any atom is -0.309 e. The van der Waals surface area contributed by atoms with Gasteiger partial charge in [-0.25, -0.2) is 0 Å². The number of aryl methyl sites for hydroxylation is 1. The van der Waals surface area contributed by atoms with E-state index in [9.17, 15) is 0 Å². The molecule has 0 saturated heterocycles. The van der Waals surface area contributed by atoms with E-state index in [2.05, 4.69) is 27.5 Å². The van der Waals surface area contributed by atoms with Crippen LogP contribution in [0.1, 0.15) is 24.4 Å². The second kappa shape index (κ2) is 5.93. The summed E-state index contributed by atoms with van der Waals surface area (Å²) in [6.07, 6.45) is 4.38. The summed E-state index contributed by atoms with van der Waals surface area (Å²) in [4.78, 5) is 4.35. The summed E-state index contributed by atoms with van der Waals surface area (Å²) >= 11 is 6.18. The maximum atomic E-state index is 6.18. The number of pyridine rings is 1. The van der Waals surface area contributed by atoms with E-state index in [1.807, 2.05) is 25.4 Å². The lowest BCUT2D eigenvalue weighted by molar-refractivity contribution is 0.531. The third kappa shape index (κ3) is 3.05. The van der Waals surface area contributed by atoms with E-state index in [-0.39, 0.29) is 6.04 Å². The third-order valence-corrected chi connectivity index (χ3v) is 2.95. The quantitative estimate of drug-likeness (QED) is 0.895. The van der Waals surface area contributed by atoms with Gasteiger partial charge in [-0.15, -0.1) is 5.10 Å². The van der Waals surface area contributed by atoms with Crippen molar-refractivity contribution in [2.45, 2.75) is 19.4 Å². The Morgan fingerprint density at radius 1 is 1.50 bits per heavy atom. The second-order valence-electron chi connectivity index (χ2n) is 4.07. The molecule has 0 fully saturated rings. The highest BCUT2D eigenvalue weighted by molar-refractivity contribution is 6.31. The molecular formula is C12H16ClN5. The minimum absolute atomic E-state index is 0.0559. The highest BCUT2D eigenvalue weighted by Crippen LogP contribution is 2.22. The summed E-state index contributed by atoms with van der Waals surface area (Å²) in [5.41, 5.74) is 1.77. The molecule has 0 aliphatic carbocycles. The van der Waals surface area contributed by atoms with E-state index in [0.717, 1.165) is 24.4 Å². The summed E-state index contributed by atoms with van der Waals surface area (Å²) in [5, 5.41) is 12.1. The first-order valence-electron chi connectivity index (χ1n) is 5.89. The molecular weight excluding hydrogens is 250 g/mol. The zero-order valence-electron chi connectivity index (χ0n) is 10.5. The predicted octanol–water partition coefficient (Wildman–Crippen LogP) is 1.76. The van der Waals surface area contributed by atoms with Crippen LogP contribution < -0.4 is 5.32 Å². The van der Waals surface area contributed by atoms with E-state index in [1.54, 1.807) is 10.9 Å². The van der Waals surface area contributed by atoms with Crippen molar-refractivity contribution in [1.82, 2.24) is 25.3 Å². The number of nitrogens with one attached hydrogen (secondary N) is 1. The van der Waals surface area contributed by atoms with Crippen molar-refractivity contribution in [3.63, 3.8) is 0 Å². The molecule has 1 atom stereocenters. The molecule has 2 heterocycles. The second-order valence-corrected chi connectivity index (χ2v) is 4.48. The SMILES string of the molecule is CCNC(Cc1cn(C)nn1)c1ncccc1Cl. The van der Waals surface area contributed by atoms with Crippen molar-refractivity contribution in [2.75, 3.05) is 6.54 Å². The van der Waals surface area contributed by atoms with Crippen molar-refractivity contribution in [2.24, 2.45) is 7.05 Å². The van der Waals surface area contributed by atoms with Gasteiger partial charge in [0.05, 0.1) is 22.5 Å². The van der Waals surface area contributed by atoms with E-state index < -0.39 is 0 Å². The summed E-state index contributed by atoms with van der Waals surface area (Å²) in [5.74, 6) is 0. The number of hydrogen-bond acceptors (Lipinski definition) is 4. The number of likely N-dealkylation sites (N-methyl/N-ethyl adjacent to an activating group) is 1. The highest BCUT2D eigenvalue weighted by atomic mass is 35.5. The number of nitrogens with zero attached hydrogens (tertiary/aromatic N) is 4. The largest absolute Gasteiger partial charge is 0.309 e. The van der Waals surface area contributed by atoms with E-state index in [4.69, 9.17) is 11.6 Å². The van der Waals surface area contributed by atoms with Crippen molar-refractivity contribution in [1.29, 1.82) is 0 Å². The molecule has 1 unspecified atom stereocenters. The molecule has 0 bridgehead atoms. The molecule has 0 radical (unpaired) electrons. The number of rotatable bonds is 5. The fourth-order valence-electron chi connectivity index (χ4n) is 1.86. The van der Waals surface area contributed by atoms with Gasteiger partial charge in [-0.2, -0.15) is 0 Å². The Hall–Kier alpha value is -1.46. The summed E-state index contributed by atoms with van der Waals surface area (Å²) in [6, 6.07) is 3.74. The highest BCUT2D eigenvalue weighted by Gasteiger charge is 2.17. The fraction of sp³-hybridized carbons (Fsp3) is 0.417. The Morgan fingerprint density at radius 3 is 2.94 bits per heavy atom. The molecule has 0 aliphatic heterocycles. The van der Waals surface area contributed by atoms with Crippen molar-refractivity contribution >= 4 is 11.6 Å². The smallest absolute Gasteiger partial charge is 0.0846 e. The van der Waals surface area contributed by atoms with Crippen molar-refractivity contribution in [3.05, 3.63) is 40.9 Å². The Morgan fingerprint density at radius 2 is 2.33 bits per heavy atom. The van der Waals surface area contributed by atoms with Crippen molar-refractivity contribution < 1.29 is 0 Å². The average Bonchev–Trinajstić information content (AvgIpc) is 2.75. The first-order valence-corrected chi connectivity index (χ1v) is 6.27. The average molecular weight is 266 g/mol. The minimum atomic E-state index is 0.0559. The maximum Gasteiger partial charge on any atom is 0.0846 e. The Bertz CT molecular complexity index is 511. The molecule has 0 amide bonds. The van der Waals surface area contributed by atoms with Gasteiger partial charge in [0.1, 0.15) is 0 Å². The van der Waals surface area contributed by atoms with Crippen molar-refractivity contribution in [3.8, 4) is 0 Å². The summed E-state index contributed by atoms with van der Waals surface area (Å²) in [7, 11) is 1.85. The van der Waals surface area contributed by atoms with Crippen LogP contribution in [-0.4, -0.2) is 26.5 Å². The fourth-order valence-corrected chi connectivity index (χ4v) is 2.12. The van der Waals surface area contributed by atoms with E-state index in [0.29, 0.717) is 5.02 Å². The molecule has 18 heavy (non-hydrogen) atoms. The lowest BCUT2D eigenvalue weighted by Gasteiger charge is -2.17. The van der Waals surface area contributed by atoms with Crippen LogP contribution in [0.4, 0.5) is 0 Å². The van der Waals surface area contributed by atoms with Crippen LogP contribution in [0.15, 0.2) is 24.5 Å². The van der Waals surface area contributed by atoms with E-state index >= 15 is 0 Å². The van der Waals surface area contributed by atoms with Crippen LogP contribution in [-0.2, 0) is 13.5 Å². The molecule has 0 aromatic carbocycles. The number of hydrogen-bond donors (Lipinski definition) is 1. The first kappa shape index (κ1) is 13.0. The van der Waals surface area contributed by atoms with Crippen LogP contribution in [0.3, 0.4) is 0 Å². The Balaban J connectivity index is 2.20. The number of halogens is 1. The molecule has 2 rings (SSSR count). The van der Waals surface area contributed by atoms with Crippen LogP contribution in [0.5, 0.6) is 0 Å². The van der Waals surface area contributed by atoms with Crippen LogP contribution in [0.2, 0.25) is 5.02 Å². The van der Waals surface area contributed by atoms with Gasteiger partial charge in [0, 0.05) is 25.9 Å². The van der Waals surface area contributed by atoms with Gasteiger partial charge in [0.25, 0.3) is 0 Å². The molecule has 6 heteroatoms. The molecule has 5 nitrogen and oxygen atoms in total. The van der Waals surface area contributed by atoms with Gasteiger partial charge < -0.3 is 5.32 Å². The normalized spacial score (nSPS) is 12.6. The topological polar surface area (TPSA) is 55.6 Å². The number of aromatic nitrogens is 4. The summed E-state index contributed by atoms with van der Waals surface area (Å²) in [6.45, 7) is 2.90. The van der Waals surface area contributed by atoms with Crippen LogP contribution in [0.25, 0.3) is 0 Å². The molecule has 2 aromatic heterocycles. The standard InChI is InChI=1S/C12H16ClN5/c1-3-14-11(7-9-8-18(2)17-16-9)12-10(13)5-4-6-15-12/h4-6,8,11,14H,3,7H2,1-2H3. The lowest BCUT2D eigenvalue weighted by Crippen LogP contribution is -2.24. The molecule has 2 aromatic rings. The summed E-state index contributed by atoms with van der Waals surface area (Å²) < 4.78 is 1.69. The van der Waals surface area contributed by atoms with Gasteiger partial charge >= 0.3 is 0 Å². The Kier molecular flexibility index (Phi) is 4.28. The van der Waals surface area contributed by atoms with Gasteiger partial charge in [-0.3, -0.25) is 9.67 Å². The van der Waals surface area contributed by atoms with Gasteiger partial charge in [-0.05, 0) is 18.7 Å². The first-order chi connectivity index (χ1) is 8.70. The maximum absolute atomic E-state index is 6.18. The van der Waals surface area contributed by atoms with Crippen LogP contribution in [0, 0.1) is 0 Å². The van der Waals surface area contributed by atoms with E-state index in [1.165, 1.54) is 0 Å².